The lowest BCUT2D eigenvalue weighted by atomic mass is 10.0. The highest BCUT2D eigenvalue weighted by Gasteiger charge is 2.23. The molecule has 1 fully saturated rings. The fourth-order valence-electron chi connectivity index (χ4n) is 4.03. The molecule has 5 rings (SSSR count). The molecule has 0 spiro atoms. The van der Waals surface area contributed by atoms with E-state index in [1.54, 1.807) is 35.1 Å². The molecule has 0 aliphatic carbocycles. The number of halogens is 1. The number of aromatic nitrogens is 5. The Kier molecular flexibility index (Phi) is 4.97. The number of imidazole rings is 1. The number of hydrogen-bond donors (Lipinski definition) is 1. The highest BCUT2D eigenvalue weighted by Crippen LogP contribution is 2.33. The summed E-state index contributed by atoms with van der Waals surface area (Å²) in [4.78, 5) is 13.1. The molecule has 4 aromatic rings. The first-order valence-electron chi connectivity index (χ1n) is 10.5. The number of phenols is 1. The summed E-state index contributed by atoms with van der Waals surface area (Å²) in [5, 5.41) is 19.2. The van der Waals surface area contributed by atoms with Crippen LogP contribution in [0.4, 0.5) is 10.3 Å². The minimum absolute atomic E-state index is 0.0295. The lowest BCUT2D eigenvalue weighted by Crippen LogP contribution is -2.50. The van der Waals surface area contributed by atoms with Crippen LogP contribution in [0, 0.1) is 12.7 Å². The van der Waals surface area contributed by atoms with Gasteiger partial charge < -0.3 is 19.3 Å². The van der Waals surface area contributed by atoms with Crippen LogP contribution in [0.3, 0.4) is 0 Å². The first-order chi connectivity index (χ1) is 15.4. The number of pyridine rings is 1. The molecule has 0 radical (unpaired) electrons. The summed E-state index contributed by atoms with van der Waals surface area (Å²) in [7, 11) is 2.11. The van der Waals surface area contributed by atoms with Crippen molar-refractivity contribution in [2.24, 2.45) is 0 Å². The van der Waals surface area contributed by atoms with Crippen molar-refractivity contribution in [3.8, 4) is 28.1 Å². The van der Waals surface area contributed by atoms with Crippen molar-refractivity contribution in [2.75, 3.05) is 31.6 Å². The zero-order valence-electron chi connectivity index (χ0n) is 18.2. The van der Waals surface area contributed by atoms with Crippen LogP contribution < -0.4 is 4.90 Å². The number of piperazine rings is 1. The third-order valence-electron chi connectivity index (χ3n) is 6.03. The van der Waals surface area contributed by atoms with Gasteiger partial charge >= 0.3 is 0 Å². The van der Waals surface area contributed by atoms with Gasteiger partial charge in [0, 0.05) is 49.2 Å². The van der Waals surface area contributed by atoms with E-state index in [2.05, 4.69) is 43.9 Å². The van der Waals surface area contributed by atoms with Crippen LogP contribution in [0.25, 0.3) is 28.0 Å². The Morgan fingerprint density at radius 1 is 1.09 bits per heavy atom. The molecular weight excluding hydrogens is 409 g/mol. The van der Waals surface area contributed by atoms with Crippen molar-refractivity contribution >= 4 is 11.6 Å². The molecule has 1 aliphatic rings. The number of phenolic OH excluding ortho intramolecular Hbond substituents is 1. The van der Waals surface area contributed by atoms with Crippen molar-refractivity contribution < 1.29 is 9.50 Å². The molecular formula is C23H24FN7O. The first kappa shape index (κ1) is 20.3. The van der Waals surface area contributed by atoms with E-state index >= 15 is 0 Å². The van der Waals surface area contributed by atoms with Crippen molar-refractivity contribution in [1.29, 1.82) is 0 Å². The van der Waals surface area contributed by atoms with Gasteiger partial charge in [-0.1, -0.05) is 6.07 Å². The van der Waals surface area contributed by atoms with Crippen LogP contribution >= 0.6 is 0 Å². The van der Waals surface area contributed by atoms with Gasteiger partial charge in [-0.15, -0.1) is 10.2 Å². The van der Waals surface area contributed by atoms with Crippen LogP contribution in [0.5, 0.6) is 5.75 Å². The van der Waals surface area contributed by atoms with Gasteiger partial charge in [0.2, 0.25) is 5.95 Å². The molecule has 32 heavy (non-hydrogen) atoms. The number of anilines is 1. The van der Waals surface area contributed by atoms with Gasteiger partial charge in [0.15, 0.2) is 11.5 Å². The van der Waals surface area contributed by atoms with Gasteiger partial charge in [0.25, 0.3) is 0 Å². The summed E-state index contributed by atoms with van der Waals surface area (Å²) in [6.45, 7) is 6.62. The number of nitrogens with zero attached hydrogens (tertiary/aromatic N) is 7. The smallest absolute Gasteiger partial charge is 0.245 e. The Labute approximate surface area is 185 Å². The Balaban J connectivity index is 1.41. The standard InChI is InChI=1S/C23H24FN7O/c1-14-11-31-13-17(8-19(24)22(31)26-14)16-4-5-18(21(32)9-16)20-10-25-23(28-27-20)30-7-6-29(3)15(2)12-30/h4-5,8-11,13,15,32H,6-7,12H2,1-3H3/t15-/m1/s1. The number of aromatic hydroxyl groups is 1. The molecule has 0 saturated carbocycles. The molecule has 0 unspecified atom stereocenters. The quantitative estimate of drug-likeness (QED) is 0.531. The maximum Gasteiger partial charge on any atom is 0.245 e. The lowest BCUT2D eigenvalue weighted by Gasteiger charge is -2.37. The highest BCUT2D eigenvalue weighted by molar-refractivity contribution is 5.74. The molecule has 1 N–H and O–H groups in total. The Morgan fingerprint density at radius 2 is 1.94 bits per heavy atom. The van der Waals surface area contributed by atoms with E-state index in [0.717, 1.165) is 25.3 Å². The number of fused-ring (bicyclic) bond motifs is 1. The average molecular weight is 433 g/mol. The molecule has 8 nitrogen and oxygen atoms in total. The molecule has 0 bridgehead atoms. The van der Waals surface area contributed by atoms with Gasteiger partial charge in [-0.25, -0.2) is 14.4 Å². The maximum absolute atomic E-state index is 14.4. The predicted molar refractivity (Wildman–Crippen MR) is 120 cm³/mol. The lowest BCUT2D eigenvalue weighted by molar-refractivity contribution is 0.232. The van der Waals surface area contributed by atoms with Crippen LogP contribution in [0.15, 0.2) is 42.9 Å². The Morgan fingerprint density at radius 3 is 2.66 bits per heavy atom. The summed E-state index contributed by atoms with van der Waals surface area (Å²) in [5.74, 6) is 0.203. The second-order valence-corrected chi connectivity index (χ2v) is 8.34. The van der Waals surface area contributed by atoms with E-state index in [0.29, 0.717) is 34.4 Å². The van der Waals surface area contributed by atoms with Crippen LogP contribution in [-0.4, -0.2) is 67.3 Å². The maximum atomic E-state index is 14.4. The molecule has 1 atom stereocenters. The molecule has 0 amide bonds. The summed E-state index contributed by atoms with van der Waals surface area (Å²) >= 11 is 0. The third-order valence-corrected chi connectivity index (χ3v) is 6.03. The number of benzene rings is 1. The van der Waals surface area contributed by atoms with Crippen LogP contribution in [0.1, 0.15) is 12.6 Å². The van der Waals surface area contributed by atoms with E-state index in [1.165, 1.54) is 6.07 Å². The van der Waals surface area contributed by atoms with E-state index in [1.807, 2.05) is 13.0 Å². The summed E-state index contributed by atoms with van der Waals surface area (Å²) in [6, 6.07) is 6.99. The van der Waals surface area contributed by atoms with Crippen molar-refractivity contribution in [3.05, 3.63) is 54.4 Å². The zero-order chi connectivity index (χ0) is 22.4. The second-order valence-electron chi connectivity index (χ2n) is 8.34. The average Bonchev–Trinajstić information content (AvgIpc) is 3.17. The minimum Gasteiger partial charge on any atom is -0.507 e. The van der Waals surface area contributed by atoms with Gasteiger partial charge in [-0.2, -0.15) is 0 Å². The molecule has 3 aromatic heterocycles. The zero-order valence-corrected chi connectivity index (χ0v) is 18.2. The number of likely N-dealkylation sites (N-methyl/N-ethyl adjacent to an activating group) is 1. The fraction of sp³-hybridized carbons (Fsp3) is 0.304. The number of rotatable bonds is 3. The molecule has 1 saturated heterocycles. The topological polar surface area (TPSA) is 82.7 Å². The van der Waals surface area contributed by atoms with Crippen molar-refractivity contribution in [1.82, 2.24) is 29.5 Å². The summed E-state index contributed by atoms with van der Waals surface area (Å²) in [5.41, 5.74) is 3.34. The highest BCUT2D eigenvalue weighted by atomic mass is 19.1. The van der Waals surface area contributed by atoms with Crippen molar-refractivity contribution in [3.63, 3.8) is 0 Å². The van der Waals surface area contributed by atoms with Gasteiger partial charge in [0.1, 0.15) is 11.4 Å². The molecule has 1 aliphatic heterocycles. The normalized spacial score (nSPS) is 17.2. The molecule has 4 heterocycles. The predicted octanol–water partition coefficient (Wildman–Crippen LogP) is 3.15. The Hall–Kier alpha value is -3.59. The summed E-state index contributed by atoms with van der Waals surface area (Å²) < 4.78 is 16.1. The van der Waals surface area contributed by atoms with E-state index < -0.39 is 5.82 Å². The van der Waals surface area contributed by atoms with Gasteiger partial charge in [0.05, 0.1) is 11.9 Å². The monoisotopic (exact) mass is 433 g/mol. The van der Waals surface area contributed by atoms with E-state index in [4.69, 9.17) is 0 Å². The first-order valence-corrected chi connectivity index (χ1v) is 10.5. The fourth-order valence-corrected chi connectivity index (χ4v) is 4.03. The van der Waals surface area contributed by atoms with Crippen LogP contribution in [-0.2, 0) is 0 Å². The minimum atomic E-state index is -0.414. The van der Waals surface area contributed by atoms with Gasteiger partial charge in [-0.05, 0) is 44.7 Å². The molecule has 9 heteroatoms. The molecule has 164 valence electrons. The molecule has 1 aromatic carbocycles. The van der Waals surface area contributed by atoms with E-state index in [-0.39, 0.29) is 11.4 Å². The van der Waals surface area contributed by atoms with E-state index in [9.17, 15) is 9.50 Å². The van der Waals surface area contributed by atoms with Crippen molar-refractivity contribution in [2.45, 2.75) is 19.9 Å². The summed E-state index contributed by atoms with van der Waals surface area (Å²) in [6.07, 6.45) is 5.18. The third kappa shape index (κ3) is 3.64. The van der Waals surface area contributed by atoms with Crippen LogP contribution in [0.2, 0.25) is 0 Å². The SMILES string of the molecule is Cc1cn2cc(-c3ccc(-c4cnc(N5CCN(C)[C@H](C)C5)nn4)c(O)c3)cc(F)c2n1. The number of aryl methyl sites for hydroxylation is 1. The number of hydrogen-bond acceptors (Lipinski definition) is 7. The largest absolute Gasteiger partial charge is 0.507 e. The Bertz CT molecular complexity index is 1290. The van der Waals surface area contributed by atoms with Gasteiger partial charge in [-0.3, -0.25) is 0 Å². The second kappa shape index (κ2) is 7.83.